The average molecular weight is 367 g/mol. The molecule has 6 nitrogen and oxygen atoms in total. The standard InChI is InChI=1S/C21H25N3O3/c1-22(17-6-4-3-5-7-17)20(25)16-21(26)24-14-12-23(13-15-24)18-8-10-19(27-2)11-9-18/h3-11H,12-16H2,1-2H3. The summed E-state index contributed by atoms with van der Waals surface area (Å²) in [5.41, 5.74) is 1.91. The van der Waals surface area contributed by atoms with Crippen molar-refractivity contribution in [3.05, 3.63) is 54.6 Å². The van der Waals surface area contributed by atoms with E-state index < -0.39 is 0 Å². The zero-order chi connectivity index (χ0) is 19.2. The van der Waals surface area contributed by atoms with E-state index in [9.17, 15) is 9.59 Å². The molecule has 1 saturated heterocycles. The third-order valence-corrected chi connectivity index (χ3v) is 4.89. The highest BCUT2D eigenvalue weighted by Gasteiger charge is 2.24. The second-order valence-corrected chi connectivity index (χ2v) is 6.53. The molecule has 27 heavy (non-hydrogen) atoms. The molecule has 2 aromatic rings. The van der Waals surface area contributed by atoms with Crippen LogP contribution < -0.4 is 14.5 Å². The van der Waals surface area contributed by atoms with Crippen molar-refractivity contribution in [3.63, 3.8) is 0 Å². The van der Waals surface area contributed by atoms with Gasteiger partial charge in [-0.05, 0) is 36.4 Å². The van der Waals surface area contributed by atoms with E-state index in [0.717, 1.165) is 30.2 Å². The van der Waals surface area contributed by atoms with Crippen LogP contribution in [0.25, 0.3) is 0 Å². The van der Waals surface area contributed by atoms with E-state index in [1.807, 2.05) is 54.6 Å². The Morgan fingerprint density at radius 2 is 1.59 bits per heavy atom. The third kappa shape index (κ3) is 4.58. The van der Waals surface area contributed by atoms with Crippen molar-refractivity contribution in [1.29, 1.82) is 0 Å². The van der Waals surface area contributed by atoms with Gasteiger partial charge >= 0.3 is 0 Å². The molecule has 6 heteroatoms. The van der Waals surface area contributed by atoms with Gasteiger partial charge in [0.1, 0.15) is 12.2 Å². The van der Waals surface area contributed by atoms with Gasteiger partial charge in [-0.25, -0.2) is 0 Å². The molecule has 3 rings (SSSR count). The van der Waals surface area contributed by atoms with Crippen LogP contribution in [0.4, 0.5) is 11.4 Å². The van der Waals surface area contributed by atoms with Crippen LogP contribution in [0.1, 0.15) is 6.42 Å². The fourth-order valence-corrected chi connectivity index (χ4v) is 3.16. The molecule has 0 aliphatic carbocycles. The largest absolute Gasteiger partial charge is 0.497 e. The van der Waals surface area contributed by atoms with Gasteiger partial charge in [-0.2, -0.15) is 0 Å². The molecule has 0 bridgehead atoms. The van der Waals surface area contributed by atoms with Gasteiger partial charge in [0.2, 0.25) is 11.8 Å². The van der Waals surface area contributed by atoms with Crippen LogP contribution in [-0.4, -0.2) is 57.1 Å². The minimum Gasteiger partial charge on any atom is -0.497 e. The van der Waals surface area contributed by atoms with E-state index in [4.69, 9.17) is 4.74 Å². The van der Waals surface area contributed by atoms with E-state index in [2.05, 4.69) is 4.90 Å². The Balaban J connectivity index is 1.51. The first-order chi connectivity index (χ1) is 13.1. The SMILES string of the molecule is COc1ccc(N2CCN(C(=O)CC(=O)N(C)c3ccccc3)CC2)cc1. The average Bonchev–Trinajstić information content (AvgIpc) is 2.74. The van der Waals surface area contributed by atoms with Crippen LogP contribution in [0.5, 0.6) is 5.75 Å². The summed E-state index contributed by atoms with van der Waals surface area (Å²) in [7, 11) is 3.35. The second-order valence-electron chi connectivity index (χ2n) is 6.53. The maximum absolute atomic E-state index is 12.5. The number of benzene rings is 2. The molecule has 1 aliphatic heterocycles. The molecular formula is C21H25N3O3. The van der Waals surface area contributed by atoms with Crippen LogP contribution in [0.3, 0.4) is 0 Å². The summed E-state index contributed by atoms with van der Waals surface area (Å²) in [6, 6.07) is 17.3. The highest BCUT2D eigenvalue weighted by atomic mass is 16.5. The van der Waals surface area contributed by atoms with Crippen LogP contribution in [0.2, 0.25) is 0 Å². The van der Waals surface area contributed by atoms with Gasteiger partial charge in [-0.1, -0.05) is 18.2 Å². The molecule has 0 unspecified atom stereocenters. The van der Waals surface area contributed by atoms with Gasteiger partial charge in [0.15, 0.2) is 0 Å². The van der Waals surface area contributed by atoms with E-state index in [0.29, 0.717) is 13.1 Å². The van der Waals surface area contributed by atoms with Crippen LogP contribution in [0.15, 0.2) is 54.6 Å². The topological polar surface area (TPSA) is 53.1 Å². The predicted octanol–water partition coefficient (Wildman–Crippen LogP) is 2.40. The number of ether oxygens (including phenoxy) is 1. The molecule has 1 fully saturated rings. The summed E-state index contributed by atoms with van der Waals surface area (Å²) in [5, 5.41) is 0. The quantitative estimate of drug-likeness (QED) is 0.762. The maximum Gasteiger partial charge on any atom is 0.236 e. The van der Waals surface area contributed by atoms with Gasteiger partial charge < -0.3 is 19.4 Å². The Kier molecular flexibility index (Phi) is 5.96. The Labute approximate surface area is 159 Å². The number of hydrogen-bond donors (Lipinski definition) is 0. The minimum atomic E-state index is -0.191. The molecule has 0 spiro atoms. The number of carbonyl (C=O) groups excluding carboxylic acids is 2. The minimum absolute atomic E-state index is 0.103. The number of carbonyl (C=O) groups is 2. The fraction of sp³-hybridized carbons (Fsp3) is 0.333. The summed E-state index contributed by atoms with van der Waals surface area (Å²) in [6.07, 6.45) is -0.103. The molecule has 1 heterocycles. The van der Waals surface area contributed by atoms with Crippen molar-refractivity contribution in [2.24, 2.45) is 0 Å². The first kappa shape index (κ1) is 18.8. The Morgan fingerprint density at radius 3 is 2.19 bits per heavy atom. The Bertz CT molecular complexity index is 769. The molecule has 0 N–H and O–H groups in total. The molecule has 2 aromatic carbocycles. The van der Waals surface area contributed by atoms with Gasteiger partial charge in [-0.15, -0.1) is 0 Å². The van der Waals surface area contributed by atoms with Crippen molar-refractivity contribution in [2.45, 2.75) is 6.42 Å². The van der Waals surface area contributed by atoms with Crippen molar-refractivity contribution in [3.8, 4) is 5.75 Å². The number of methoxy groups -OCH3 is 1. The van der Waals surface area contributed by atoms with Crippen LogP contribution in [-0.2, 0) is 9.59 Å². The van der Waals surface area contributed by atoms with Gasteiger partial charge in [0.25, 0.3) is 0 Å². The molecule has 0 saturated carbocycles. The zero-order valence-electron chi connectivity index (χ0n) is 15.8. The lowest BCUT2D eigenvalue weighted by atomic mass is 10.2. The van der Waals surface area contributed by atoms with E-state index in [-0.39, 0.29) is 18.2 Å². The lowest BCUT2D eigenvalue weighted by Crippen LogP contribution is -2.49. The first-order valence-electron chi connectivity index (χ1n) is 9.07. The maximum atomic E-state index is 12.5. The fourth-order valence-electron chi connectivity index (χ4n) is 3.16. The number of amides is 2. The van der Waals surface area contributed by atoms with E-state index >= 15 is 0 Å². The van der Waals surface area contributed by atoms with Crippen molar-refractivity contribution < 1.29 is 14.3 Å². The Morgan fingerprint density at radius 1 is 0.963 bits per heavy atom. The van der Waals surface area contributed by atoms with Gasteiger partial charge in [0, 0.05) is 44.6 Å². The van der Waals surface area contributed by atoms with E-state index in [1.165, 1.54) is 4.90 Å². The van der Waals surface area contributed by atoms with E-state index in [1.54, 1.807) is 19.1 Å². The molecule has 2 amide bonds. The Hall–Kier alpha value is -3.02. The first-order valence-corrected chi connectivity index (χ1v) is 9.07. The summed E-state index contributed by atoms with van der Waals surface area (Å²) >= 11 is 0. The molecule has 142 valence electrons. The van der Waals surface area contributed by atoms with Crippen molar-refractivity contribution in [2.75, 3.05) is 50.1 Å². The predicted molar refractivity (Wildman–Crippen MR) is 106 cm³/mol. The number of para-hydroxylation sites is 1. The normalized spacial score (nSPS) is 14.0. The smallest absolute Gasteiger partial charge is 0.236 e. The van der Waals surface area contributed by atoms with Gasteiger partial charge in [-0.3, -0.25) is 9.59 Å². The molecular weight excluding hydrogens is 342 g/mol. The number of piperazine rings is 1. The number of hydrogen-bond acceptors (Lipinski definition) is 4. The van der Waals surface area contributed by atoms with Gasteiger partial charge in [0.05, 0.1) is 7.11 Å². The number of nitrogens with zero attached hydrogens (tertiary/aromatic N) is 3. The van der Waals surface area contributed by atoms with Crippen LogP contribution in [0, 0.1) is 0 Å². The number of anilines is 2. The highest BCUT2D eigenvalue weighted by Crippen LogP contribution is 2.21. The molecule has 0 atom stereocenters. The second kappa shape index (κ2) is 8.58. The summed E-state index contributed by atoms with van der Waals surface area (Å²) in [5.74, 6) is 0.523. The van der Waals surface area contributed by atoms with Crippen LogP contribution >= 0.6 is 0 Å². The molecule has 1 aliphatic rings. The van der Waals surface area contributed by atoms with Crippen molar-refractivity contribution >= 4 is 23.2 Å². The monoisotopic (exact) mass is 367 g/mol. The zero-order valence-corrected chi connectivity index (χ0v) is 15.8. The molecule has 0 radical (unpaired) electrons. The third-order valence-electron chi connectivity index (χ3n) is 4.89. The lowest BCUT2D eigenvalue weighted by Gasteiger charge is -2.36. The lowest BCUT2D eigenvalue weighted by molar-refractivity contribution is -0.135. The van der Waals surface area contributed by atoms with Crippen molar-refractivity contribution in [1.82, 2.24) is 4.90 Å². The highest BCUT2D eigenvalue weighted by molar-refractivity contribution is 6.04. The summed E-state index contributed by atoms with van der Waals surface area (Å²) in [6.45, 7) is 2.74. The number of rotatable bonds is 5. The summed E-state index contributed by atoms with van der Waals surface area (Å²) in [4.78, 5) is 30.5. The summed E-state index contributed by atoms with van der Waals surface area (Å²) < 4.78 is 5.19. The molecule has 0 aromatic heterocycles.